The van der Waals surface area contributed by atoms with Gasteiger partial charge in [0.15, 0.2) is 0 Å². The van der Waals surface area contributed by atoms with Gasteiger partial charge in [-0.05, 0) is 36.4 Å². The van der Waals surface area contributed by atoms with Gasteiger partial charge >= 0.3 is 0 Å². The molecule has 6 nitrogen and oxygen atoms in total. The van der Waals surface area contributed by atoms with Crippen molar-refractivity contribution < 1.29 is 19.8 Å². The number of carbonyl (C=O) groups excluding carboxylic acids is 2. The highest BCUT2D eigenvalue weighted by atomic mass is 16.3. The molecule has 0 unspecified atom stereocenters. The summed E-state index contributed by atoms with van der Waals surface area (Å²) in [5.74, 6) is -1.22. The van der Waals surface area contributed by atoms with Crippen LogP contribution in [0, 0.1) is 0 Å². The third-order valence-corrected chi connectivity index (χ3v) is 2.80. The van der Waals surface area contributed by atoms with Gasteiger partial charge in [0.25, 0.3) is 5.91 Å². The predicted octanol–water partition coefficient (Wildman–Crippen LogP) is 2.47. The summed E-state index contributed by atoms with van der Waals surface area (Å²) in [5, 5.41) is 24.2. The highest BCUT2D eigenvalue weighted by Crippen LogP contribution is 2.23. The van der Waals surface area contributed by atoms with E-state index in [1.165, 1.54) is 30.3 Å². The summed E-state index contributed by atoms with van der Waals surface area (Å²) in [6, 6.07) is 10.1. The van der Waals surface area contributed by atoms with E-state index in [9.17, 15) is 19.8 Å². The molecule has 0 heterocycles. The lowest BCUT2D eigenvalue weighted by atomic mass is 10.1. The van der Waals surface area contributed by atoms with Crippen LogP contribution < -0.4 is 10.6 Å². The van der Waals surface area contributed by atoms with Crippen molar-refractivity contribution in [2.75, 3.05) is 10.6 Å². The Kier molecular flexibility index (Phi) is 4.43. The van der Waals surface area contributed by atoms with Gasteiger partial charge in [-0.3, -0.25) is 9.59 Å². The monoisotopic (exact) mass is 298 g/mol. The molecule has 2 amide bonds. The number of rotatable bonds is 4. The molecule has 0 aliphatic heterocycles. The van der Waals surface area contributed by atoms with Crippen LogP contribution in [-0.4, -0.2) is 22.0 Å². The molecule has 0 aliphatic rings. The summed E-state index contributed by atoms with van der Waals surface area (Å²) in [4.78, 5) is 23.4. The topological polar surface area (TPSA) is 98.7 Å². The molecule has 0 fully saturated rings. The number of hydrogen-bond donors (Lipinski definition) is 4. The number of phenolic OH excluding ortho intramolecular Hbond substituents is 2. The van der Waals surface area contributed by atoms with Crippen molar-refractivity contribution in [2.24, 2.45) is 0 Å². The molecular weight excluding hydrogens is 284 g/mol. The number of phenols is 2. The fourth-order valence-electron chi connectivity index (χ4n) is 1.77. The number of nitrogens with one attached hydrogen (secondary N) is 2. The standard InChI is InChI=1S/C16H14N2O4/c1-2-15(21)17-11-6-7-14(20)13(9-11)16(22)18-10-4-3-5-12(19)8-10/h2-9,19-20H,1H2,(H,17,21)(H,18,22). The van der Waals surface area contributed by atoms with Crippen LogP contribution in [0.3, 0.4) is 0 Å². The Morgan fingerprint density at radius 1 is 1.00 bits per heavy atom. The van der Waals surface area contributed by atoms with Gasteiger partial charge in [0.1, 0.15) is 11.5 Å². The summed E-state index contributed by atoms with van der Waals surface area (Å²) in [6.07, 6.45) is 1.10. The van der Waals surface area contributed by atoms with Crippen LogP contribution in [0.5, 0.6) is 11.5 Å². The largest absolute Gasteiger partial charge is 0.508 e. The van der Waals surface area contributed by atoms with Crippen LogP contribution in [0.25, 0.3) is 0 Å². The smallest absolute Gasteiger partial charge is 0.259 e. The lowest BCUT2D eigenvalue weighted by molar-refractivity contribution is -0.111. The zero-order valence-electron chi connectivity index (χ0n) is 11.5. The molecule has 6 heteroatoms. The van der Waals surface area contributed by atoms with E-state index in [-0.39, 0.29) is 17.1 Å². The summed E-state index contributed by atoms with van der Waals surface area (Å²) >= 11 is 0. The first-order valence-electron chi connectivity index (χ1n) is 6.36. The van der Waals surface area contributed by atoms with E-state index in [1.807, 2.05) is 0 Å². The van der Waals surface area contributed by atoms with Crippen molar-refractivity contribution in [1.82, 2.24) is 0 Å². The Labute approximate surface area is 126 Å². The van der Waals surface area contributed by atoms with E-state index in [4.69, 9.17) is 0 Å². The molecule has 112 valence electrons. The van der Waals surface area contributed by atoms with Gasteiger partial charge < -0.3 is 20.8 Å². The number of anilines is 2. The Morgan fingerprint density at radius 2 is 1.73 bits per heavy atom. The molecule has 2 aromatic rings. The van der Waals surface area contributed by atoms with Crippen molar-refractivity contribution >= 4 is 23.2 Å². The Morgan fingerprint density at radius 3 is 2.41 bits per heavy atom. The molecule has 2 aromatic carbocycles. The third-order valence-electron chi connectivity index (χ3n) is 2.80. The second kappa shape index (κ2) is 6.45. The Bertz CT molecular complexity index is 741. The van der Waals surface area contributed by atoms with Crippen LogP contribution in [0.15, 0.2) is 55.1 Å². The number of carbonyl (C=O) groups is 2. The van der Waals surface area contributed by atoms with E-state index in [1.54, 1.807) is 12.1 Å². The minimum absolute atomic E-state index is 0.00835. The zero-order chi connectivity index (χ0) is 16.1. The van der Waals surface area contributed by atoms with E-state index >= 15 is 0 Å². The normalized spacial score (nSPS) is 9.82. The number of benzene rings is 2. The first kappa shape index (κ1) is 15.1. The van der Waals surface area contributed by atoms with Crippen molar-refractivity contribution in [1.29, 1.82) is 0 Å². The van der Waals surface area contributed by atoms with Gasteiger partial charge in [-0.1, -0.05) is 12.6 Å². The first-order chi connectivity index (χ1) is 10.5. The summed E-state index contributed by atoms with van der Waals surface area (Å²) < 4.78 is 0. The molecule has 0 spiro atoms. The van der Waals surface area contributed by atoms with E-state index < -0.39 is 11.8 Å². The Balaban J connectivity index is 2.23. The molecule has 0 aromatic heterocycles. The summed E-state index contributed by atoms with van der Waals surface area (Å²) in [7, 11) is 0. The molecule has 0 atom stereocenters. The van der Waals surface area contributed by atoms with E-state index in [0.717, 1.165) is 6.08 Å². The second-order valence-corrected chi connectivity index (χ2v) is 4.43. The van der Waals surface area contributed by atoms with E-state index in [0.29, 0.717) is 11.4 Å². The average molecular weight is 298 g/mol. The second-order valence-electron chi connectivity index (χ2n) is 4.43. The zero-order valence-corrected chi connectivity index (χ0v) is 11.5. The number of hydrogen-bond acceptors (Lipinski definition) is 4. The van der Waals surface area contributed by atoms with Crippen molar-refractivity contribution in [2.45, 2.75) is 0 Å². The molecule has 0 aliphatic carbocycles. The maximum atomic E-state index is 12.2. The van der Waals surface area contributed by atoms with Crippen LogP contribution in [0.4, 0.5) is 11.4 Å². The van der Waals surface area contributed by atoms with Crippen LogP contribution in [0.2, 0.25) is 0 Å². The molecule has 0 bridgehead atoms. The lowest BCUT2D eigenvalue weighted by Crippen LogP contribution is -2.13. The van der Waals surface area contributed by atoms with Crippen molar-refractivity contribution in [3.63, 3.8) is 0 Å². The molecule has 22 heavy (non-hydrogen) atoms. The quantitative estimate of drug-likeness (QED) is 0.515. The van der Waals surface area contributed by atoms with Gasteiger partial charge in [0.05, 0.1) is 5.56 Å². The van der Waals surface area contributed by atoms with E-state index in [2.05, 4.69) is 17.2 Å². The molecular formula is C16H14N2O4. The SMILES string of the molecule is C=CC(=O)Nc1ccc(O)c(C(=O)Nc2cccc(O)c2)c1. The van der Waals surface area contributed by atoms with Crippen LogP contribution in [0.1, 0.15) is 10.4 Å². The van der Waals surface area contributed by atoms with Gasteiger partial charge in [0, 0.05) is 17.4 Å². The molecule has 2 rings (SSSR count). The van der Waals surface area contributed by atoms with Crippen molar-refractivity contribution in [3.05, 3.63) is 60.7 Å². The fraction of sp³-hybridized carbons (Fsp3) is 0. The minimum Gasteiger partial charge on any atom is -0.508 e. The maximum Gasteiger partial charge on any atom is 0.259 e. The fourth-order valence-corrected chi connectivity index (χ4v) is 1.77. The van der Waals surface area contributed by atoms with Gasteiger partial charge in [-0.25, -0.2) is 0 Å². The third kappa shape index (κ3) is 3.63. The van der Waals surface area contributed by atoms with Crippen molar-refractivity contribution in [3.8, 4) is 11.5 Å². The minimum atomic E-state index is -0.571. The number of amides is 2. The average Bonchev–Trinajstić information content (AvgIpc) is 2.49. The predicted molar refractivity (Wildman–Crippen MR) is 83.0 cm³/mol. The molecule has 0 radical (unpaired) electrons. The van der Waals surface area contributed by atoms with Gasteiger partial charge in [-0.15, -0.1) is 0 Å². The molecule has 0 saturated heterocycles. The maximum absolute atomic E-state index is 12.2. The highest BCUT2D eigenvalue weighted by Gasteiger charge is 2.13. The summed E-state index contributed by atoms with van der Waals surface area (Å²) in [6.45, 7) is 3.33. The lowest BCUT2D eigenvalue weighted by Gasteiger charge is -2.09. The van der Waals surface area contributed by atoms with Crippen LogP contribution >= 0.6 is 0 Å². The van der Waals surface area contributed by atoms with Gasteiger partial charge in [-0.2, -0.15) is 0 Å². The number of aromatic hydroxyl groups is 2. The highest BCUT2D eigenvalue weighted by molar-refractivity contribution is 6.07. The molecule has 4 N–H and O–H groups in total. The molecule has 0 saturated carbocycles. The Hall–Kier alpha value is -3.28. The summed E-state index contributed by atoms with van der Waals surface area (Å²) in [5.41, 5.74) is 0.721. The van der Waals surface area contributed by atoms with Gasteiger partial charge in [0.2, 0.25) is 5.91 Å². The van der Waals surface area contributed by atoms with Crippen LogP contribution in [-0.2, 0) is 4.79 Å². The first-order valence-corrected chi connectivity index (χ1v) is 6.36.